The highest BCUT2D eigenvalue weighted by Crippen LogP contribution is 2.27. The van der Waals surface area contributed by atoms with Gasteiger partial charge in [0, 0.05) is 50.7 Å². The molecular formula is C21H28Cl2N6O. The van der Waals surface area contributed by atoms with Gasteiger partial charge in [-0.05, 0) is 50.8 Å². The largest absolute Gasteiger partial charge is 0.362 e. The predicted molar refractivity (Wildman–Crippen MR) is 124 cm³/mol. The van der Waals surface area contributed by atoms with Crippen LogP contribution in [0.1, 0.15) is 31.2 Å². The maximum Gasteiger partial charge on any atom is 0.321 e. The average Bonchev–Trinajstić information content (AvgIpc) is 2.72. The van der Waals surface area contributed by atoms with Crippen LogP contribution in [0.2, 0.25) is 10.0 Å². The van der Waals surface area contributed by atoms with E-state index in [2.05, 4.69) is 20.6 Å². The molecule has 0 radical (unpaired) electrons. The van der Waals surface area contributed by atoms with Crippen LogP contribution in [0.3, 0.4) is 0 Å². The fraction of sp³-hybridized carbons (Fsp3) is 0.476. The van der Waals surface area contributed by atoms with E-state index in [1.807, 2.05) is 32.1 Å². The number of hydrogen-bond acceptors (Lipinski definition) is 5. The minimum absolute atomic E-state index is 0.136. The van der Waals surface area contributed by atoms with Crippen LogP contribution < -0.4 is 20.4 Å². The number of aromatic nitrogens is 2. The summed E-state index contributed by atoms with van der Waals surface area (Å²) in [5, 5.41) is 7.45. The zero-order chi connectivity index (χ0) is 21.8. The van der Waals surface area contributed by atoms with Crippen molar-refractivity contribution >= 4 is 46.7 Å². The van der Waals surface area contributed by atoms with Crippen molar-refractivity contribution in [3.8, 4) is 0 Å². The van der Waals surface area contributed by atoms with E-state index in [0.29, 0.717) is 27.7 Å². The molecule has 1 aromatic carbocycles. The van der Waals surface area contributed by atoms with Gasteiger partial charge in [-0.1, -0.05) is 23.2 Å². The zero-order valence-corrected chi connectivity index (χ0v) is 19.3. The third-order valence-electron chi connectivity index (χ3n) is 5.35. The molecule has 2 N–H and O–H groups in total. The lowest BCUT2D eigenvalue weighted by Crippen LogP contribution is -2.45. The molecule has 1 aliphatic carbocycles. The fourth-order valence-corrected chi connectivity index (χ4v) is 3.89. The molecule has 1 heterocycles. The molecule has 162 valence electrons. The van der Waals surface area contributed by atoms with Gasteiger partial charge < -0.3 is 15.5 Å². The van der Waals surface area contributed by atoms with E-state index in [4.69, 9.17) is 23.2 Å². The van der Waals surface area contributed by atoms with Crippen molar-refractivity contribution in [1.82, 2.24) is 15.3 Å². The summed E-state index contributed by atoms with van der Waals surface area (Å²) in [5.74, 6) is 1.56. The van der Waals surface area contributed by atoms with E-state index in [9.17, 15) is 4.79 Å². The molecule has 0 saturated heterocycles. The lowest BCUT2D eigenvalue weighted by molar-refractivity contribution is 0.238. The summed E-state index contributed by atoms with van der Waals surface area (Å²) in [6.45, 7) is 2.00. The third-order valence-corrected chi connectivity index (χ3v) is 6.09. The number of carbonyl (C=O) groups excluding carboxylic acids is 1. The summed E-state index contributed by atoms with van der Waals surface area (Å²) in [6.07, 6.45) is 5.51. The van der Waals surface area contributed by atoms with E-state index in [1.165, 1.54) is 0 Å². The first-order valence-corrected chi connectivity index (χ1v) is 10.8. The van der Waals surface area contributed by atoms with Crippen LogP contribution in [0.15, 0.2) is 24.4 Å². The van der Waals surface area contributed by atoms with E-state index < -0.39 is 0 Å². The molecule has 2 aromatic rings. The van der Waals surface area contributed by atoms with Gasteiger partial charge in [0.1, 0.15) is 5.82 Å². The molecule has 1 fully saturated rings. The molecule has 2 amide bonds. The summed E-state index contributed by atoms with van der Waals surface area (Å²) in [5.41, 5.74) is 1.74. The molecule has 1 aliphatic rings. The number of anilines is 3. The molecule has 3 rings (SSSR count). The zero-order valence-electron chi connectivity index (χ0n) is 17.7. The molecular weight excluding hydrogens is 423 g/mol. The maximum absolute atomic E-state index is 12.6. The highest BCUT2D eigenvalue weighted by atomic mass is 35.5. The summed E-state index contributed by atoms with van der Waals surface area (Å²) >= 11 is 12.0. The minimum atomic E-state index is -0.151. The SMILES string of the molecule is Cc1cnc(N[C@H]2CC[C@@H](NC(=O)N(C)c3ccc(Cl)c(Cl)c3)CC2)nc1N(C)C. The number of benzene rings is 1. The molecule has 1 aromatic heterocycles. The summed E-state index contributed by atoms with van der Waals surface area (Å²) in [6, 6.07) is 5.43. The van der Waals surface area contributed by atoms with Crippen LogP contribution in [-0.2, 0) is 0 Å². The molecule has 7 nitrogen and oxygen atoms in total. The highest BCUT2D eigenvalue weighted by molar-refractivity contribution is 6.42. The lowest BCUT2D eigenvalue weighted by atomic mass is 9.91. The Labute approximate surface area is 187 Å². The van der Waals surface area contributed by atoms with Crippen molar-refractivity contribution in [1.29, 1.82) is 0 Å². The smallest absolute Gasteiger partial charge is 0.321 e. The van der Waals surface area contributed by atoms with Crippen molar-refractivity contribution in [3.63, 3.8) is 0 Å². The number of nitrogens with zero attached hydrogens (tertiary/aromatic N) is 4. The average molecular weight is 451 g/mol. The van der Waals surface area contributed by atoms with Crippen molar-refractivity contribution in [2.45, 2.75) is 44.7 Å². The van der Waals surface area contributed by atoms with Crippen LogP contribution >= 0.6 is 23.2 Å². The molecule has 0 unspecified atom stereocenters. The number of carbonyl (C=O) groups is 1. The van der Waals surface area contributed by atoms with Gasteiger partial charge in [0.05, 0.1) is 10.0 Å². The van der Waals surface area contributed by atoms with E-state index >= 15 is 0 Å². The summed E-state index contributed by atoms with van der Waals surface area (Å²) in [7, 11) is 5.67. The summed E-state index contributed by atoms with van der Waals surface area (Å²) < 4.78 is 0. The second kappa shape index (κ2) is 9.71. The normalized spacial score (nSPS) is 18.6. The minimum Gasteiger partial charge on any atom is -0.362 e. The van der Waals surface area contributed by atoms with Crippen LogP contribution in [0.25, 0.3) is 0 Å². The molecule has 1 saturated carbocycles. The van der Waals surface area contributed by atoms with Crippen molar-refractivity contribution < 1.29 is 4.79 Å². The standard InChI is InChI=1S/C21H28Cl2N6O/c1-13-12-24-20(27-19(13)28(2)3)25-14-5-7-15(8-6-14)26-21(30)29(4)16-9-10-17(22)18(23)11-16/h9-12,14-15H,5-8H2,1-4H3,(H,26,30)(H,24,25,27)/t14-,15+. The Kier molecular flexibility index (Phi) is 7.26. The highest BCUT2D eigenvalue weighted by Gasteiger charge is 2.24. The maximum atomic E-state index is 12.6. The Balaban J connectivity index is 1.51. The number of halogens is 2. The Morgan fingerprint density at radius 1 is 1.07 bits per heavy atom. The topological polar surface area (TPSA) is 73.4 Å². The van der Waals surface area contributed by atoms with Gasteiger partial charge in [-0.15, -0.1) is 0 Å². The van der Waals surface area contributed by atoms with E-state index in [1.54, 1.807) is 30.1 Å². The van der Waals surface area contributed by atoms with Crippen LogP contribution in [-0.4, -0.2) is 49.2 Å². The Hall–Kier alpha value is -2.25. The molecule has 0 atom stereocenters. The fourth-order valence-electron chi connectivity index (χ4n) is 3.60. The van der Waals surface area contributed by atoms with Crippen molar-refractivity contribution in [3.05, 3.63) is 40.0 Å². The van der Waals surface area contributed by atoms with E-state index in [0.717, 1.165) is 37.1 Å². The number of nitrogens with one attached hydrogen (secondary N) is 2. The first-order chi connectivity index (χ1) is 14.2. The van der Waals surface area contributed by atoms with Gasteiger partial charge in [0.2, 0.25) is 5.95 Å². The lowest BCUT2D eigenvalue weighted by Gasteiger charge is -2.31. The second-order valence-electron chi connectivity index (χ2n) is 7.89. The Morgan fingerprint density at radius 2 is 1.73 bits per heavy atom. The quantitative estimate of drug-likeness (QED) is 0.688. The number of urea groups is 1. The van der Waals surface area contributed by atoms with Crippen molar-refractivity contribution in [2.24, 2.45) is 0 Å². The van der Waals surface area contributed by atoms with Gasteiger partial charge in [0.25, 0.3) is 0 Å². The van der Waals surface area contributed by atoms with Gasteiger partial charge in [-0.25, -0.2) is 9.78 Å². The third kappa shape index (κ3) is 5.46. The number of amides is 2. The Bertz CT molecular complexity index is 899. The van der Waals surface area contributed by atoms with Crippen LogP contribution in [0.5, 0.6) is 0 Å². The second-order valence-corrected chi connectivity index (χ2v) is 8.71. The summed E-state index contributed by atoms with van der Waals surface area (Å²) in [4.78, 5) is 25.2. The van der Waals surface area contributed by atoms with Gasteiger partial charge >= 0.3 is 6.03 Å². The van der Waals surface area contributed by atoms with E-state index in [-0.39, 0.29) is 12.1 Å². The first kappa shape index (κ1) is 22.4. The van der Waals surface area contributed by atoms with Gasteiger partial charge in [-0.2, -0.15) is 4.98 Å². The van der Waals surface area contributed by atoms with Crippen LogP contribution in [0.4, 0.5) is 22.2 Å². The molecule has 0 spiro atoms. The number of rotatable bonds is 5. The van der Waals surface area contributed by atoms with Crippen molar-refractivity contribution in [2.75, 3.05) is 36.3 Å². The first-order valence-electron chi connectivity index (χ1n) is 10.0. The number of hydrogen-bond donors (Lipinski definition) is 2. The molecule has 0 bridgehead atoms. The van der Waals surface area contributed by atoms with Gasteiger partial charge in [0.15, 0.2) is 0 Å². The van der Waals surface area contributed by atoms with Gasteiger partial charge in [-0.3, -0.25) is 4.90 Å². The predicted octanol–water partition coefficient (Wildman–Crippen LogP) is 4.73. The molecule has 9 heteroatoms. The molecule has 0 aliphatic heterocycles. The Morgan fingerprint density at radius 3 is 2.37 bits per heavy atom. The number of aryl methyl sites for hydroxylation is 1. The monoisotopic (exact) mass is 450 g/mol. The van der Waals surface area contributed by atoms with Crippen LogP contribution in [0, 0.1) is 6.92 Å². The molecule has 30 heavy (non-hydrogen) atoms.